The number of nitrogens with one attached hydrogen (secondary N) is 3. The van der Waals surface area contributed by atoms with Crippen molar-refractivity contribution in [1.29, 1.82) is 0 Å². The second kappa shape index (κ2) is 4.60. The zero-order valence-electron chi connectivity index (χ0n) is 9.40. The molecule has 3 rings (SSSR count). The van der Waals surface area contributed by atoms with Crippen molar-refractivity contribution in [3.63, 3.8) is 0 Å². The third-order valence-corrected chi connectivity index (χ3v) is 2.27. The lowest BCUT2D eigenvalue weighted by molar-refractivity contribution is 0.101. The van der Waals surface area contributed by atoms with Crippen LogP contribution in [0.5, 0.6) is 0 Å². The third-order valence-electron chi connectivity index (χ3n) is 2.27. The van der Waals surface area contributed by atoms with Crippen molar-refractivity contribution in [2.75, 3.05) is 5.32 Å². The standard InChI is InChI=1S/C9H7N9O/c19-9(8-13-17-18-14-8)10-6-3-1-2-5(4-6)7-11-15-16-12-7/h1-4H,(H,10,19)(H,11,12,15,16)(H,13,14,17,18). The number of rotatable bonds is 3. The van der Waals surface area contributed by atoms with E-state index in [0.29, 0.717) is 11.5 Å². The van der Waals surface area contributed by atoms with Gasteiger partial charge in [0, 0.05) is 11.3 Å². The van der Waals surface area contributed by atoms with Gasteiger partial charge in [-0.15, -0.1) is 20.4 Å². The Morgan fingerprint density at radius 1 is 1.11 bits per heavy atom. The zero-order valence-corrected chi connectivity index (χ0v) is 9.40. The average molecular weight is 257 g/mol. The SMILES string of the molecule is O=C(Nc1cccc(-c2nn[nH]n2)c1)c1nn[nH]n1. The van der Waals surface area contributed by atoms with Crippen molar-refractivity contribution in [2.24, 2.45) is 0 Å². The van der Waals surface area contributed by atoms with E-state index in [9.17, 15) is 4.79 Å². The van der Waals surface area contributed by atoms with Gasteiger partial charge in [0.05, 0.1) is 0 Å². The van der Waals surface area contributed by atoms with Gasteiger partial charge in [0.2, 0.25) is 5.82 Å². The van der Waals surface area contributed by atoms with Crippen molar-refractivity contribution in [1.82, 2.24) is 41.2 Å². The van der Waals surface area contributed by atoms with Crippen LogP contribution in [0.25, 0.3) is 11.4 Å². The van der Waals surface area contributed by atoms with E-state index < -0.39 is 5.91 Å². The highest BCUT2D eigenvalue weighted by Gasteiger charge is 2.11. The van der Waals surface area contributed by atoms with E-state index in [1.807, 2.05) is 0 Å². The van der Waals surface area contributed by atoms with E-state index in [1.54, 1.807) is 24.3 Å². The Bertz CT molecular complexity index is 676. The second-order valence-electron chi connectivity index (χ2n) is 3.51. The number of benzene rings is 1. The topological polar surface area (TPSA) is 138 Å². The first-order chi connectivity index (χ1) is 9.33. The lowest BCUT2D eigenvalue weighted by atomic mass is 10.2. The zero-order chi connectivity index (χ0) is 13.1. The van der Waals surface area contributed by atoms with Gasteiger partial charge >= 0.3 is 0 Å². The lowest BCUT2D eigenvalue weighted by Crippen LogP contribution is -2.13. The van der Waals surface area contributed by atoms with Gasteiger partial charge < -0.3 is 5.32 Å². The first-order valence-corrected chi connectivity index (χ1v) is 5.21. The Morgan fingerprint density at radius 2 is 1.95 bits per heavy atom. The molecule has 0 spiro atoms. The van der Waals surface area contributed by atoms with Crippen LogP contribution in [-0.4, -0.2) is 47.2 Å². The molecule has 0 unspecified atom stereocenters. The number of nitrogens with zero attached hydrogens (tertiary/aromatic N) is 6. The number of amides is 1. The van der Waals surface area contributed by atoms with Crippen LogP contribution >= 0.6 is 0 Å². The van der Waals surface area contributed by atoms with E-state index in [2.05, 4.69) is 46.6 Å². The highest BCUT2D eigenvalue weighted by molar-refractivity contribution is 6.01. The van der Waals surface area contributed by atoms with Gasteiger partial charge in [-0.25, -0.2) is 0 Å². The Kier molecular flexibility index (Phi) is 2.65. The first-order valence-electron chi connectivity index (χ1n) is 5.21. The van der Waals surface area contributed by atoms with Crippen molar-refractivity contribution < 1.29 is 4.79 Å². The average Bonchev–Trinajstić information content (AvgIpc) is 3.13. The van der Waals surface area contributed by atoms with Crippen LogP contribution in [0.2, 0.25) is 0 Å². The number of aromatic nitrogens is 8. The third kappa shape index (κ3) is 2.26. The summed E-state index contributed by atoms with van der Waals surface area (Å²) in [6.07, 6.45) is 0. The smallest absolute Gasteiger partial charge is 0.297 e. The van der Waals surface area contributed by atoms with Gasteiger partial charge in [-0.2, -0.15) is 10.4 Å². The van der Waals surface area contributed by atoms with E-state index in [4.69, 9.17) is 0 Å². The summed E-state index contributed by atoms with van der Waals surface area (Å²) in [6.45, 7) is 0. The molecule has 0 radical (unpaired) electrons. The number of anilines is 1. The van der Waals surface area contributed by atoms with E-state index in [-0.39, 0.29) is 5.82 Å². The van der Waals surface area contributed by atoms with E-state index in [0.717, 1.165) is 5.56 Å². The number of H-pyrrole nitrogens is 2. The normalized spacial score (nSPS) is 10.3. The van der Waals surface area contributed by atoms with Gasteiger partial charge in [-0.05, 0) is 22.6 Å². The molecule has 1 aromatic carbocycles. The molecule has 0 fully saturated rings. The number of hydrogen-bond acceptors (Lipinski definition) is 7. The molecule has 0 bridgehead atoms. The molecule has 0 aliphatic rings. The molecule has 0 saturated heterocycles. The fourth-order valence-electron chi connectivity index (χ4n) is 1.47. The number of carbonyl (C=O) groups excluding carboxylic acids is 1. The molecule has 19 heavy (non-hydrogen) atoms. The van der Waals surface area contributed by atoms with Gasteiger partial charge in [-0.3, -0.25) is 4.79 Å². The molecular weight excluding hydrogens is 250 g/mol. The first kappa shape index (κ1) is 11.0. The number of hydrogen-bond donors (Lipinski definition) is 3. The minimum absolute atomic E-state index is 0.0371. The van der Waals surface area contributed by atoms with Crippen molar-refractivity contribution in [2.45, 2.75) is 0 Å². The molecule has 0 saturated carbocycles. The monoisotopic (exact) mass is 257 g/mol. The summed E-state index contributed by atoms with van der Waals surface area (Å²) in [6, 6.07) is 7.00. The molecular formula is C9H7N9O. The highest BCUT2D eigenvalue weighted by Crippen LogP contribution is 2.18. The van der Waals surface area contributed by atoms with E-state index in [1.165, 1.54) is 0 Å². The van der Waals surface area contributed by atoms with Gasteiger partial charge in [0.25, 0.3) is 11.7 Å². The lowest BCUT2D eigenvalue weighted by Gasteiger charge is -2.03. The van der Waals surface area contributed by atoms with Crippen molar-refractivity contribution in [3.05, 3.63) is 30.1 Å². The summed E-state index contributed by atoms with van der Waals surface area (Å²) in [5.41, 5.74) is 1.29. The molecule has 10 heteroatoms. The minimum atomic E-state index is -0.459. The van der Waals surface area contributed by atoms with Gasteiger partial charge in [-0.1, -0.05) is 12.1 Å². The van der Waals surface area contributed by atoms with Crippen LogP contribution in [0.4, 0.5) is 5.69 Å². The fraction of sp³-hybridized carbons (Fsp3) is 0. The molecule has 94 valence electrons. The summed E-state index contributed by atoms with van der Waals surface area (Å²) in [4.78, 5) is 11.7. The Morgan fingerprint density at radius 3 is 2.68 bits per heavy atom. The largest absolute Gasteiger partial charge is 0.319 e. The summed E-state index contributed by atoms with van der Waals surface area (Å²) < 4.78 is 0. The number of tetrazole rings is 2. The van der Waals surface area contributed by atoms with E-state index >= 15 is 0 Å². The molecule has 0 aliphatic heterocycles. The Balaban J connectivity index is 1.82. The molecule has 2 aromatic heterocycles. The molecule has 3 aromatic rings. The highest BCUT2D eigenvalue weighted by atomic mass is 16.2. The van der Waals surface area contributed by atoms with Crippen molar-refractivity contribution in [3.8, 4) is 11.4 Å². The van der Waals surface area contributed by atoms with Crippen LogP contribution in [-0.2, 0) is 0 Å². The molecule has 0 aliphatic carbocycles. The summed E-state index contributed by atoms with van der Waals surface area (Å²) >= 11 is 0. The summed E-state index contributed by atoms with van der Waals surface area (Å²) in [5, 5.41) is 28.9. The predicted molar refractivity (Wildman–Crippen MR) is 61.7 cm³/mol. The van der Waals surface area contributed by atoms with Crippen LogP contribution in [0.15, 0.2) is 24.3 Å². The van der Waals surface area contributed by atoms with Crippen LogP contribution < -0.4 is 5.32 Å². The second-order valence-corrected chi connectivity index (χ2v) is 3.51. The number of aromatic amines is 2. The predicted octanol–water partition coefficient (Wildman–Crippen LogP) is -0.368. The van der Waals surface area contributed by atoms with Crippen LogP contribution in [0, 0.1) is 0 Å². The molecule has 0 atom stereocenters. The van der Waals surface area contributed by atoms with Crippen LogP contribution in [0.3, 0.4) is 0 Å². The van der Waals surface area contributed by atoms with Crippen LogP contribution in [0.1, 0.15) is 10.6 Å². The van der Waals surface area contributed by atoms with Gasteiger partial charge in [0.1, 0.15) is 0 Å². The molecule has 3 N–H and O–H groups in total. The molecule has 1 amide bonds. The van der Waals surface area contributed by atoms with Crippen molar-refractivity contribution >= 4 is 11.6 Å². The summed E-state index contributed by atoms with van der Waals surface area (Å²) in [5.74, 6) is -0.0559. The Labute approximate surface area is 105 Å². The molecule has 10 nitrogen and oxygen atoms in total. The molecule has 2 heterocycles. The fourth-order valence-corrected chi connectivity index (χ4v) is 1.47. The Hall–Kier alpha value is -3.17. The quantitative estimate of drug-likeness (QED) is 0.581. The van der Waals surface area contributed by atoms with Gasteiger partial charge in [0.15, 0.2) is 0 Å². The maximum Gasteiger partial charge on any atom is 0.297 e. The number of carbonyl (C=O) groups is 1. The maximum atomic E-state index is 11.7. The summed E-state index contributed by atoms with van der Waals surface area (Å²) in [7, 11) is 0. The maximum absolute atomic E-state index is 11.7. The minimum Gasteiger partial charge on any atom is -0.319 e.